The van der Waals surface area contributed by atoms with Crippen molar-refractivity contribution in [2.45, 2.75) is 32.7 Å². The quantitative estimate of drug-likeness (QED) is 0.859. The summed E-state index contributed by atoms with van der Waals surface area (Å²) in [4.78, 5) is 0. The van der Waals surface area contributed by atoms with Crippen LogP contribution in [0.25, 0.3) is 11.0 Å². The molecule has 0 bridgehead atoms. The summed E-state index contributed by atoms with van der Waals surface area (Å²) in [5, 5.41) is 0.833. The van der Waals surface area contributed by atoms with Gasteiger partial charge in [0.1, 0.15) is 17.2 Å². The normalized spacial score (nSPS) is 19.5. The number of furan rings is 1. The smallest absolute Gasteiger partial charge is 0.134 e. The summed E-state index contributed by atoms with van der Waals surface area (Å²) in [5.74, 6) is 0.574. The Hall–Kier alpha value is -1.35. The average Bonchev–Trinajstić information content (AvgIpc) is 2.97. The van der Waals surface area contributed by atoms with Crippen LogP contribution in [0.15, 0.2) is 22.6 Å². The van der Waals surface area contributed by atoms with E-state index in [4.69, 9.17) is 10.2 Å². The van der Waals surface area contributed by atoms with E-state index in [2.05, 4.69) is 6.92 Å². The number of aryl methyl sites for hydroxylation is 1. The van der Waals surface area contributed by atoms with Crippen LogP contribution in [0.3, 0.4) is 0 Å². The molecule has 1 aromatic carbocycles. The van der Waals surface area contributed by atoms with Crippen molar-refractivity contribution >= 4 is 11.0 Å². The molecular weight excluding hydrogens is 217 g/mol. The van der Waals surface area contributed by atoms with Gasteiger partial charge in [0.05, 0.1) is 6.04 Å². The zero-order chi connectivity index (χ0) is 12.2. The summed E-state index contributed by atoms with van der Waals surface area (Å²) >= 11 is 0. The maximum absolute atomic E-state index is 13.2. The van der Waals surface area contributed by atoms with Crippen molar-refractivity contribution in [3.63, 3.8) is 0 Å². The lowest BCUT2D eigenvalue weighted by Gasteiger charge is -2.16. The maximum Gasteiger partial charge on any atom is 0.134 e. The van der Waals surface area contributed by atoms with Gasteiger partial charge in [-0.25, -0.2) is 4.39 Å². The van der Waals surface area contributed by atoms with Crippen LogP contribution >= 0.6 is 0 Å². The first kappa shape index (κ1) is 10.8. The van der Waals surface area contributed by atoms with Crippen LogP contribution in [-0.2, 0) is 0 Å². The number of benzene rings is 1. The Morgan fingerprint density at radius 2 is 2.12 bits per heavy atom. The third-order valence-corrected chi connectivity index (χ3v) is 4.01. The molecule has 1 fully saturated rings. The van der Waals surface area contributed by atoms with Gasteiger partial charge in [-0.05, 0) is 43.4 Å². The molecule has 1 aliphatic rings. The molecule has 3 rings (SSSR count). The van der Waals surface area contributed by atoms with Crippen LogP contribution < -0.4 is 5.73 Å². The zero-order valence-electron chi connectivity index (χ0n) is 10.1. The van der Waals surface area contributed by atoms with Gasteiger partial charge in [0.25, 0.3) is 0 Å². The van der Waals surface area contributed by atoms with E-state index in [9.17, 15) is 4.39 Å². The largest absolute Gasteiger partial charge is 0.459 e. The molecular formula is C14H16FNO. The summed E-state index contributed by atoms with van der Waals surface area (Å²) < 4.78 is 19.0. The molecule has 1 heterocycles. The van der Waals surface area contributed by atoms with E-state index >= 15 is 0 Å². The van der Waals surface area contributed by atoms with Crippen LogP contribution in [0.5, 0.6) is 0 Å². The molecule has 2 aromatic rings. The number of hydrogen-bond donors (Lipinski definition) is 1. The summed E-state index contributed by atoms with van der Waals surface area (Å²) in [6.07, 6.45) is 2.28. The van der Waals surface area contributed by atoms with Crippen molar-refractivity contribution < 1.29 is 8.81 Å². The summed E-state index contributed by atoms with van der Waals surface area (Å²) in [5.41, 5.74) is 8.11. The molecule has 0 aliphatic heterocycles. The standard InChI is InChI=1S/C14H16FNO/c1-8-10-7-9(15)3-4-11(10)17-12(8)13(16)14(2)5-6-14/h3-4,7,13H,5-6,16H2,1-2H3. The van der Waals surface area contributed by atoms with Crippen molar-refractivity contribution in [2.75, 3.05) is 0 Å². The lowest BCUT2D eigenvalue weighted by Crippen LogP contribution is -2.20. The topological polar surface area (TPSA) is 39.2 Å². The van der Waals surface area contributed by atoms with E-state index in [0.717, 1.165) is 35.1 Å². The second-order valence-electron chi connectivity index (χ2n) is 5.36. The fourth-order valence-corrected chi connectivity index (χ4v) is 2.33. The minimum absolute atomic E-state index is 0.0852. The highest BCUT2D eigenvalue weighted by Crippen LogP contribution is 2.54. The van der Waals surface area contributed by atoms with Gasteiger partial charge in [-0.3, -0.25) is 0 Å². The van der Waals surface area contributed by atoms with Crippen LogP contribution in [0.4, 0.5) is 4.39 Å². The molecule has 90 valence electrons. The Morgan fingerprint density at radius 3 is 2.76 bits per heavy atom. The van der Waals surface area contributed by atoms with Gasteiger partial charge in [-0.1, -0.05) is 6.92 Å². The van der Waals surface area contributed by atoms with Crippen molar-refractivity contribution in [1.29, 1.82) is 0 Å². The Bertz CT molecular complexity index is 583. The van der Waals surface area contributed by atoms with Crippen LogP contribution in [0.2, 0.25) is 0 Å². The number of nitrogens with two attached hydrogens (primary N) is 1. The minimum atomic E-state index is -0.237. The van der Waals surface area contributed by atoms with Crippen molar-refractivity contribution in [1.82, 2.24) is 0 Å². The van der Waals surface area contributed by atoms with Gasteiger partial charge in [0, 0.05) is 10.9 Å². The van der Waals surface area contributed by atoms with E-state index < -0.39 is 0 Å². The first-order chi connectivity index (χ1) is 8.01. The van der Waals surface area contributed by atoms with E-state index in [1.165, 1.54) is 12.1 Å². The lowest BCUT2D eigenvalue weighted by atomic mass is 9.95. The average molecular weight is 233 g/mol. The van der Waals surface area contributed by atoms with Gasteiger partial charge >= 0.3 is 0 Å². The molecule has 0 spiro atoms. The number of rotatable bonds is 2. The van der Waals surface area contributed by atoms with Gasteiger partial charge in [-0.15, -0.1) is 0 Å². The highest BCUT2D eigenvalue weighted by atomic mass is 19.1. The van der Waals surface area contributed by atoms with E-state index in [1.54, 1.807) is 6.07 Å². The maximum atomic E-state index is 13.2. The third kappa shape index (κ3) is 1.57. The van der Waals surface area contributed by atoms with E-state index in [-0.39, 0.29) is 17.3 Å². The molecule has 2 N–H and O–H groups in total. The fourth-order valence-electron chi connectivity index (χ4n) is 2.33. The van der Waals surface area contributed by atoms with Crippen molar-refractivity contribution in [2.24, 2.45) is 11.1 Å². The van der Waals surface area contributed by atoms with E-state index in [0.29, 0.717) is 0 Å². The molecule has 0 saturated heterocycles. The Labute approximate surface area is 99.6 Å². The molecule has 1 aromatic heterocycles. The number of hydrogen-bond acceptors (Lipinski definition) is 2. The summed E-state index contributed by atoms with van der Waals surface area (Å²) in [7, 11) is 0. The molecule has 1 atom stereocenters. The van der Waals surface area contributed by atoms with Gasteiger partial charge in [-0.2, -0.15) is 0 Å². The molecule has 1 unspecified atom stereocenters. The van der Waals surface area contributed by atoms with Crippen LogP contribution in [0, 0.1) is 18.2 Å². The molecule has 0 radical (unpaired) electrons. The Kier molecular flexibility index (Phi) is 2.11. The Morgan fingerprint density at radius 1 is 1.41 bits per heavy atom. The summed E-state index contributed by atoms with van der Waals surface area (Å²) in [6.45, 7) is 4.12. The second-order valence-corrected chi connectivity index (χ2v) is 5.36. The SMILES string of the molecule is Cc1c(C(N)C2(C)CC2)oc2ccc(F)cc12. The first-order valence-corrected chi connectivity index (χ1v) is 5.95. The van der Waals surface area contributed by atoms with Crippen molar-refractivity contribution in [3.05, 3.63) is 35.3 Å². The molecule has 2 nitrogen and oxygen atoms in total. The molecule has 1 aliphatic carbocycles. The number of halogens is 1. The fraction of sp³-hybridized carbons (Fsp3) is 0.429. The highest BCUT2D eigenvalue weighted by Gasteiger charge is 2.45. The predicted octanol–water partition coefficient (Wildman–Crippen LogP) is 3.68. The molecule has 1 saturated carbocycles. The predicted molar refractivity (Wildman–Crippen MR) is 65.2 cm³/mol. The van der Waals surface area contributed by atoms with E-state index in [1.807, 2.05) is 6.92 Å². The third-order valence-electron chi connectivity index (χ3n) is 4.01. The highest BCUT2D eigenvalue weighted by molar-refractivity contribution is 5.82. The zero-order valence-corrected chi connectivity index (χ0v) is 10.1. The number of fused-ring (bicyclic) bond motifs is 1. The molecule has 17 heavy (non-hydrogen) atoms. The van der Waals surface area contributed by atoms with Crippen LogP contribution in [-0.4, -0.2) is 0 Å². The Balaban J connectivity index is 2.14. The summed E-state index contributed by atoms with van der Waals surface area (Å²) in [6, 6.07) is 4.51. The van der Waals surface area contributed by atoms with Crippen molar-refractivity contribution in [3.8, 4) is 0 Å². The lowest BCUT2D eigenvalue weighted by molar-refractivity contribution is 0.377. The van der Waals surface area contributed by atoms with Gasteiger partial charge in [0.2, 0.25) is 0 Å². The van der Waals surface area contributed by atoms with Gasteiger partial charge in [0.15, 0.2) is 0 Å². The first-order valence-electron chi connectivity index (χ1n) is 5.95. The second kappa shape index (κ2) is 3.33. The monoisotopic (exact) mass is 233 g/mol. The minimum Gasteiger partial charge on any atom is -0.459 e. The van der Waals surface area contributed by atoms with Crippen LogP contribution in [0.1, 0.15) is 37.1 Å². The molecule has 0 amide bonds. The van der Waals surface area contributed by atoms with Gasteiger partial charge < -0.3 is 10.2 Å². The molecule has 3 heteroatoms.